The molecule has 3 aromatic rings. The summed E-state index contributed by atoms with van der Waals surface area (Å²) in [5.74, 6) is -0.215. The summed E-state index contributed by atoms with van der Waals surface area (Å²) >= 11 is 0. The Labute approximate surface area is 186 Å². The molecule has 0 saturated carbocycles. The number of hydrogen-bond donors (Lipinski definition) is 3. The van der Waals surface area contributed by atoms with E-state index in [1.165, 1.54) is 4.57 Å². The number of ether oxygens (including phenoxy) is 1. The molecule has 1 fully saturated rings. The van der Waals surface area contributed by atoms with Crippen molar-refractivity contribution in [1.82, 2.24) is 20.2 Å². The predicted molar refractivity (Wildman–Crippen MR) is 123 cm³/mol. The molecule has 0 bridgehead atoms. The molecular formula is C24H28N4O4. The molecule has 4 rings (SSSR count). The van der Waals surface area contributed by atoms with Crippen molar-refractivity contribution in [2.45, 2.75) is 39.3 Å². The molecule has 0 aliphatic carbocycles. The summed E-state index contributed by atoms with van der Waals surface area (Å²) in [6.45, 7) is 5.51. The van der Waals surface area contributed by atoms with Crippen LogP contribution in [0.2, 0.25) is 0 Å². The fourth-order valence-corrected chi connectivity index (χ4v) is 4.13. The van der Waals surface area contributed by atoms with Gasteiger partial charge in [-0.05, 0) is 45.8 Å². The van der Waals surface area contributed by atoms with Crippen LogP contribution in [-0.4, -0.2) is 47.0 Å². The maximum absolute atomic E-state index is 13.4. The number of nitrogens with zero attached hydrogens (tertiary/aromatic N) is 1. The first kappa shape index (κ1) is 21.8. The number of pyridine rings is 1. The maximum Gasteiger partial charge on any atom is 0.271 e. The zero-order valence-corrected chi connectivity index (χ0v) is 18.4. The summed E-state index contributed by atoms with van der Waals surface area (Å²) in [5.41, 5.74) is 1.57. The van der Waals surface area contributed by atoms with E-state index < -0.39 is 0 Å². The largest absolute Gasteiger partial charge is 0.491 e. The van der Waals surface area contributed by atoms with Gasteiger partial charge in [0.05, 0.1) is 18.7 Å². The van der Waals surface area contributed by atoms with Crippen molar-refractivity contribution in [3.63, 3.8) is 0 Å². The van der Waals surface area contributed by atoms with E-state index in [2.05, 4.69) is 15.6 Å². The molecule has 8 nitrogen and oxygen atoms in total. The molecule has 168 valence electrons. The number of nitrogens with one attached hydrogen (secondary N) is 3. The third-order valence-corrected chi connectivity index (χ3v) is 5.81. The minimum atomic E-state index is -0.357. The molecule has 32 heavy (non-hydrogen) atoms. The first-order valence-electron chi connectivity index (χ1n) is 11.0. The molecular weight excluding hydrogens is 408 g/mol. The molecule has 3 heterocycles. The maximum atomic E-state index is 13.4. The number of carbonyl (C=O) groups excluding carboxylic acids is 2. The van der Waals surface area contributed by atoms with Crippen LogP contribution in [0.15, 0.2) is 41.2 Å². The molecule has 0 spiro atoms. The molecule has 0 radical (unpaired) electrons. The fraction of sp³-hybridized carbons (Fsp3) is 0.375. The zero-order chi connectivity index (χ0) is 22.7. The van der Waals surface area contributed by atoms with E-state index in [1.54, 1.807) is 44.2 Å². The summed E-state index contributed by atoms with van der Waals surface area (Å²) in [6, 6.07) is 10.7. The minimum absolute atomic E-state index is 0.0755. The van der Waals surface area contributed by atoms with Crippen molar-refractivity contribution in [2.24, 2.45) is 0 Å². The molecule has 0 atom stereocenters. The van der Waals surface area contributed by atoms with Crippen molar-refractivity contribution < 1.29 is 14.3 Å². The Kier molecular flexibility index (Phi) is 6.41. The lowest BCUT2D eigenvalue weighted by molar-refractivity contribution is 0.0920. The van der Waals surface area contributed by atoms with Crippen LogP contribution in [0, 0.1) is 6.92 Å². The third-order valence-electron chi connectivity index (χ3n) is 5.81. The van der Waals surface area contributed by atoms with Crippen molar-refractivity contribution in [3.05, 3.63) is 63.7 Å². The van der Waals surface area contributed by atoms with Gasteiger partial charge in [0.25, 0.3) is 11.5 Å². The average molecular weight is 437 g/mol. The van der Waals surface area contributed by atoms with E-state index >= 15 is 0 Å². The average Bonchev–Trinajstić information content (AvgIpc) is 3.16. The van der Waals surface area contributed by atoms with Crippen LogP contribution in [0.4, 0.5) is 0 Å². The lowest BCUT2D eigenvalue weighted by Crippen LogP contribution is -2.42. The van der Waals surface area contributed by atoms with Gasteiger partial charge < -0.3 is 24.9 Å². The van der Waals surface area contributed by atoms with E-state index in [-0.39, 0.29) is 46.7 Å². The van der Waals surface area contributed by atoms with Crippen molar-refractivity contribution >= 4 is 22.6 Å². The molecule has 1 aromatic carbocycles. The van der Waals surface area contributed by atoms with Crippen molar-refractivity contribution in [3.8, 4) is 5.75 Å². The lowest BCUT2D eigenvalue weighted by Gasteiger charge is -2.23. The minimum Gasteiger partial charge on any atom is -0.491 e. The van der Waals surface area contributed by atoms with Crippen molar-refractivity contribution in [1.29, 1.82) is 0 Å². The molecule has 3 N–H and O–H groups in total. The number of aromatic nitrogens is 2. The zero-order valence-electron chi connectivity index (χ0n) is 18.4. The van der Waals surface area contributed by atoms with E-state index in [0.29, 0.717) is 23.4 Å². The van der Waals surface area contributed by atoms with E-state index in [1.807, 2.05) is 6.07 Å². The van der Waals surface area contributed by atoms with Crippen LogP contribution in [0.25, 0.3) is 10.9 Å². The quantitative estimate of drug-likeness (QED) is 0.493. The highest BCUT2D eigenvalue weighted by molar-refractivity contribution is 6.03. The summed E-state index contributed by atoms with van der Waals surface area (Å²) in [7, 11) is 0. The highest BCUT2D eigenvalue weighted by atomic mass is 16.5. The molecule has 1 aliphatic rings. The summed E-state index contributed by atoms with van der Waals surface area (Å²) in [6.07, 6.45) is 1.70. The number of aryl methyl sites for hydroxylation is 1. The Bertz CT molecular complexity index is 1190. The predicted octanol–water partition coefficient (Wildman–Crippen LogP) is 2.40. The number of Topliss-reactive ketones (excluding diaryl/α,β-unsaturated/α-hetero) is 1. The van der Waals surface area contributed by atoms with Gasteiger partial charge in [-0.25, -0.2) is 0 Å². The number of rotatable bonds is 7. The third kappa shape index (κ3) is 4.31. The number of fused-ring (bicyclic) bond motifs is 1. The smallest absolute Gasteiger partial charge is 0.271 e. The monoisotopic (exact) mass is 436 g/mol. The first-order chi connectivity index (χ1) is 15.5. The Morgan fingerprint density at radius 3 is 2.59 bits per heavy atom. The van der Waals surface area contributed by atoms with Gasteiger partial charge in [-0.1, -0.05) is 30.3 Å². The van der Waals surface area contributed by atoms with Gasteiger partial charge in [0.15, 0.2) is 11.5 Å². The number of piperidine rings is 1. The van der Waals surface area contributed by atoms with Crippen LogP contribution < -0.4 is 20.9 Å². The number of hydrogen-bond acceptors (Lipinski definition) is 5. The summed E-state index contributed by atoms with van der Waals surface area (Å²) in [5, 5.41) is 6.60. The molecule has 1 saturated heterocycles. The molecule has 1 aliphatic heterocycles. The first-order valence-corrected chi connectivity index (χ1v) is 11.0. The topological polar surface area (TPSA) is 105 Å². The number of ketones is 1. The number of H-pyrrole nitrogens is 1. The van der Waals surface area contributed by atoms with Crippen LogP contribution in [0.3, 0.4) is 0 Å². The number of aromatic amines is 1. The second-order valence-electron chi connectivity index (χ2n) is 8.01. The van der Waals surface area contributed by atoms with Gasteiger partial charge in [-0.3, -0.25) is 14.4 Å². The second kappa shape index (κ2) is 9.40. The van der Waals surface area contributed by atoms with Crippen LogP contribution in [-0.2, 0) is 6.54 Å². The van der Waals surface area contributed by atoms with Crippen LogP contribution >= 0.6 is 0 Å². The van der Waals surface area contributed by atoms with E-state index in [0.717, 1.165) is 25.9 Å². The lowest BCUT2D eigenvalue weighted by atomic mass is 10.1. The van der Waals surface area contributed by atoms with Gasteiger partial charge in [-0.15, -0.1) is 0 Å². The Hall–Kier alpha value is -3.39. The van der Waals surface area contributed by atoms with Gasteiger partial charge in [-0.2, -0.15) is 0 Å². The fourth-order valence-electron chi connectivity index (χ4n) is 4.13. The Morgan fingerprint density at radius 2 is 1.91 bits per heavy atom. The van der Waals surface area contributed by atoms with Crippen LogP contribution in [0.1, 0.15) is 46.3 Å². The Morgan fingerprint density at radius 1 is 1.19 bits per heavy atom. The molecule has 8 heteroatoms. The van der Waals surface area contributed by atoms with Gasteiger partial charge in [0.1, 0.15) is 11.1 Å². The number of benzene rings is 1. The molecule has 0 unspecified atom stereocenters. The summed E-state index contributed by atoms with van der Waals surface area (Å²) < 4.78 is 7.20. The number of amides is 1. The van der Waals surface area contributed by atoms with Gasteiger partial charge in [0.2, 0.25) is 0 Å². The van der Waals surface area contributed by atoms with Gasteiger partial charge in [0, 0.05) is 17.3 Å². The standard InChI is InChI=1S/C24H28N4O4/c1-3-32-22-20-18(27-21(22)23(30)26-17-9-11-25-12-10-17)13-15(2)28(24(20)31)14-19(29)16-7-5-4-6-8-16/h4-8,13,17,25,27H,3,9-12,14H2,1-2H3,(H,26,30). The SMILES string of the molecule is CCOc1c(C(=O)NC2CCNCC2)[nH]c2cc(C)n(CC(=O)c3ccccc3)c(=O)c12. The normalized spacial score (nSPS) is 14.4. The highest BCUT2D eigenvalue weighted by Crippen LogP contribution is 2.29. The van der Waals surface area contributed by atoms with E-state index in [9.17, 15) is 14.4 Å². The van der Waals surface area contributed by atoms with Gasteiger partial charge >= 0.3 is 0 Å². The highest BCUT2D eigenvalue weighted by Gasteiger charge is 2.25. The number of carbonyl (C=O) groups is 2. The van der Waals surface area contributed by atoms with Crippen molar-refractivity contribution in [2.75, 3.05) is 19.7 Å². The second-order valence-corrected chi connectivity index (χ2v) is 8.01. The summed E-state index contributed by atoms with van der Waals surface area (Å²) in [4.78, 5) is 42.2. The molecule has 2 aromatic heterocycles. The molecule has 1 amide bonds. The Balaban J connectivity index is 1.72. The van der Waals surface area contributed by atoms with E-state index in [4.69, 9.17) is 4.74 Å². The van der Waals surface area contributed by atoms with Crippen LogP contribution in [0.5, 0.6) is 5.75 Å².